The molecule has 0 aromatic heterocycles. The number of nitrogens with one attached hydrogen (secondary N) is 1. The highest BCUT2D eigenvalue weighted by Gasteiger charge is 2.22. The first-order valence-electron chi connectivity index (χ1n) is 7.76. The van der Waals surface area contributed by atoms with Crippen LogP contribution in [0.5, 0.6) is 0 Å². The van der Waals surface area contributed by atoms with Crippen molar-refractivity contribution in [3.05, 3.63) is 71.8 Å². The molecule has 0 aliphatic heterocycles. The molecule has 0 aliphatic rings. The highest BCUT2D eigenvalue weighted by atomic mass is 16.2. The van der Waals surface area contributed by atoms with Crippen LogP contribution in [0.25, 0.3) is 0 Å². The lowest BCUT2D eigenvalue weighted by atomic mass is 10.0. The van der Waals surface area contributed by atoms with Crippen molar-refractivity contribution >= 4 is 11.8 Å². The zero-order valence-electron chi connectivity index (χ0n) is 13.5. The van der Waals surface area contributed by atoms with Gasteiger partial charge in [-0.25, -0.2) is 0 Å². The first kappa shape index (κ1) is 16.7. The molecule has 0 saturated carbocycles. The number of benzene rings is 2. The molecule has 1 atom stereocenters. The lowest BCUT2D eigenvalue weighted by Gasteiger charge is -2.20. The lowest BCUT2D eigenvalue weighted by molar-refractivity contribution is -0.145. The first-order valence-corrected chi connectivity index (χ1v) is 7.76. The van der Waals surface area contributed by atoms with E-state index in [1.807, 2.05) is 67.6 Å². The van der Waals surface area contributed by atoms with E-state index in [1.54, 1.807) is 7.05 Å². The van der Waals surface area contributed by atoms with Gasteiger partial charge in [-0.1, -0.05) is 67.6 Å². The number of nitrogens with zero attached hydrogens (tertiary/aromatic N) is 1. The zero-order chi connectivity index (χ0) is 16.7. The average molecular weight is 310 g/mol. The number of amides is 2. The van der Waals surface area contributed by atoms with Gasteiger partial charge in [-0.05, 0) is 17.5 Å². The van der Waals surface area contributed by atoms with Crippen LogP contribution in [0.3, 0.4) is 0 Å². The predicted octanol–water partition coefficient (Wildman–Crippen LogP) is 2.91. The monoisotopic (exact) mass is 310 g/mol. The van der Waals surface area contributed by atoms with E-state index in [4.69, 9.17) is 0 Å². The van der Waals surface area contributed by atoms with Crippen molar-refractivity contribution in [1.82, 2.24) is 10.2 Å². The molecule has 0 spiro atoms. The summed E-state index contributed by atoms with van der Waals surface area (Å²) >= 11 is 0. The number of carbonyl (C=O) groups is 2. The average Bonchev–Trinajstić information content (AvgIpc) is 2.60. The van der Waals surface area contributed by atoms with Gasteiger partial charge < -0.3 is 10.2 Å². The smallest absolute Gasteiger partial charge is 0.311 e. The van der Waals surface area contributed by atoms with Crippen molar-refractivity contribution in [3.63, 3.8) is 0 Å². The summed E-state index contributed by atoms with van der Waals surface area (Å²) in [5.74, 6) is -1.10. The summed E-state index contributed by atoms with van der Waals surface area (Å²) in [5.41, 5.74) is 1.99. The van der Waals surface area contributed by atoms with Crippen LogP contribution in [0.15, 0.2) is 60.7 Å². The van der Waals surface area contributed by atoms with E-state index in [-0.39, 0.29) is 6.04 Å². The van der Waals surface area contributed by atoms with E-state index in [1.165, 1.54) is 4.90 Å². The molecule has 0 radical (unpaired) electrons. The quantitative estimate of drug-likeness (QED) is 0.863. The molecule has 4 nitrogen and oxygen atoms in total. The summed E-state index contributed by atoms with van der Waals surface area (Å²) in [7, 11) is 1.64. The normalized spacial score (nSPS) is 11.6. The van der Waals surface area contributed by atoms with Crippen molar-refractivity contribution in [1.29, 1.82) is 0 Å². The highest BCUT2D eigenvalue weighted by Crippen LogP contribution is 2.15. The number of hydrogen-bond acceptors (Lipinski definition) is 2. The molecule has 2 aromatic rings. The van der Waals surface area contributed by atoms with Crippen LogP contribution < -0.4 is 5.32 Å². The summed E-state index contributed by atoms with van der Waals surface area (Å²) in [6.45, 7) is 2.39. The molecule has 2 amide bonds. The Morgan fingerprint density at radius 1 is 1.00 bits per heavy atom. The second-order valence-corrected chi connectivity index (χ2v) is 5.49. The maximum absolute atomic E-state index is 12.2. The number of rotatable bonds is 5. The van der Waals surface area contributed by atoms with Crippen molar-refractivity contribution in [3.8, 4) is 0 Å². The standard InChI is InChI=1S/C19H22N2O2/c1-3-17(16-12-8-5-9-13-16)20-18(22)19(23)21(2)14-15-10-6-4-7-11-15/h4-13,17H,3,14H2,1-2H3,(H,20,22)/t17-/m0/s1. The minimum atomic E-state index is -0.570. The second-order valence-electron chi connectivity index (χ2n) is 5.49. The Labute approximate surface area is 137 Å². The van der Waals surface area contributed by atoms with Gasteiger partial charge in [0.2, 0.25) is 0 Å². The predicted molar refractivity (Wildman–Crippen MR) is 90.5 cm³/mol. The van der Waals surface area contributed by atoms with Crippen LogP contribution in [0, 0.1) is 0 Å². The van der Waals surface area contributed by atoms with Crippen LogP contribution in [0.2, 0.25) is 0 Å². The van der Waals surface area contributed by atoms with Crippen molar-refractivity contribution < 1.29 is 9.59 Å². The molecule has 2 aromatic carbocycles. The molecule has 0 aliphatic carbocycles. The second kappa shape index (κ2) is 8.13. The Kier molecular flexibility index (Phi) is 5.92. The van der Waals surface area contributed by atoms with Gasteiger partial charge in [0.25, 0.3) is 0 Å². The van der Waals surface area contributed by atoms with Crippen LogP contribution in [0.4, 0.5) is 0 Å². The van der Waals surface area contributed by atoms with Crippen LogP contribution in [0.1, 0.15) is 30.5 Å². The fraction of sp³-hybridized carbons (Fsp3) is 0.263. The van der Waals surface area contributed by atoms with Crippen LogP contribution in [-0.4, -0.2) is 23.8 Å². The first-order chi connectivity index (χ1) is 11.1. The highest BCUT2D eigenvalue weighted by molar-refractivity contribution is 6.34. The molecule has 0 fully saturated rings. The van der Waals surface area contributed by atoms with Gasteiger partial charge in [-0.2, -0.15) is 0 Å². The minimum absolute atomic E-state index is 0.155. The zero-order valence-corrected chi connectivity index (χ0v) is 13.5. The van der Waals surface area contributed by atoms with Crippen molar-refractivity contribution in [2.45, 2.75) is 25.9 Å². The molecule has 0 saturated heterocycles. The minimum Gasteiger partial charge on any atom is -0.341 e. The number of carbonyl (C=O) groups excluding carboxylic acids is 2. The van der Waals surface area contributed by atoms with E-state index in [0.717, 1.165) is 17.5 Å². The van der Waals surface area contributed by atoms with Gasteiger partial charge >= 0.3 is 11.8 Å². The summed E-state index contributed by atoms with van der Waals surface area (Å²) in [6, 6.07) is 19.1. The summed E-state index contributed by atoms with van der Waals surface area (Å²) in [5, 5.41) is 2.82. The Morgan fingerprint density at radius 3 is 2.13 bits per heavy atom. The maximum Gasteiger partial charge on any atom is 0.311 e. The van der Waals surface area contributed by atoms with E-state index in [9.17, 15) is 9.59 Å². The van der Waals surface area contributed by atoms with E-state index in [0.29, 0.717) is 6.54 Å². The maximum atomic E-state index is 12.2. The third-order valence-corrected chi connectivity index (χ3v) is 3.72. The van der Waals surface area contributed by atoms with E-state index < -0.39 is 11.8 Å². The molecule has 2 rings (SSSR count). The number of likely N-dealkylation sites (N-methyl/N-ethyl adjacent to an activating group) is 1. The van der Waals surface area contributed by atoms with Crippen molar-refractivity contribution in [2.75, 3.05) is 7.05 Å². The summed E-state index contributed by atoms with van der Waals surface area (Å²) in [4.78, 5) is 25.9. The molecule has 23 heavy (non-hydrogen) atoms. The Bertz CT molecular complexity index is 641. The lowest BCUT2D eigenvalue weighted by Crippen LogP contribution is -2.42. The van der Waals surface area contributed by atoms with E-state index >= 15 is 0 Å². The number of hydrogen-bond donors (Lipinski definition) is 1. The van der Waals surface area contributed by atoms with Gasteiger partial charge in [-0.15, -0.1) is 0 Å². The van der Waals surface area contributed by atoms with Crippen LogP contribution in [-0.2, 0) is 16.1 Å². The van der Waals surface area contributed by atoms with Gasteiger partial charge in [0.15, 0.2) is 0 Å². The van der Waals surface area contributed by atoms with Gasteiger partial charge in [-0.3, -0.25) is 9.59 Å². The molecule has 120 valence electrons. The van der Waals surface area contributed by atoms with Gasteiger partial charge in [0.1, 0.15) is 0 Å². The largest absolute Gasteiger partial charge is 0.341 e. The topological polar surface area (TPSA) is 49.4 Å². The molecular weight excluding hydrogens is 288 g/mol. The van der Waals surface area contributed by atoms with Crippen LogP contribution >= 0.6 is 0 Å². The Hall–Kier alpha value is -2.62. The van der Waals surface area contributed by atoms with Crippen molar-refractivity contribution in [2.24, 2.45) is 0 Å². The molecule has 0 bridgehead atoms. The molecule has 0 unspecified atom stereocenters. The fourth-order valence-corrected chi connectivity index (χ4v) is 2.43. The van der Waals surface area contributed by atoms with Gasteiger partial charge in [0.05, 0.1) is 6.04 Å². The molecular formula is C19H22N2O2. The fourth-order valence-electron chi connectivity index (χ4n) is 2.43. The van der Waals surface area contributed by atoms with Gasteiger partial charge in [0, 0.05) is 13.6 Å². The molecule has 4 heteroatoms. The third kappa shape index (κ3) is 4.68. The SMILES string of the molecule is CC[C@H](NC(=O)C(=O)N(C)Cc1ccccc1)c1ccccc1. The third-order valence-electron chi connectivity index (χ3n) is 3.72. The van der Waals surface area contributed by atoms with E-state index in [2.05, 4.69) is 5.32 Å². The Morgan fingerprint density at radius 2 is 1.57 bits per heavy atom. The summed E-state index contributed by atoms with van der Waals surface area (Å²) in [6.07, 6.45) is 0.728. The molecule has 0 heterocycles. The summed E-state index contributed by atoms with van der Waals surface area (Å²) < 4.78 is 0. The molecule has 1 N–H and O–H groups in total. The Balaban J connectivity index is 1.97.